The van der Waals surface area contributed by atoms with Crippen molar-refractivity contribution in [3.63, 3.8) is 0 Å². The van der Waals surface area contributed by atoms with Crippen molar-refractivity contribution in [1.82, 2.24) is 5.32 Å². The number of nitrogens with one attached hydrogen (secondary N) is 2. The van der Waals surface area contributed by atoms with Crippen LogP contribution in [-0.2, 0) is 11.3 Å². The van der Waals surface area contributed by atoms with Gasteiger partial charge in [-0.15, -0.1) is 0 Å². The second kappa shape index (κ2) is 9.68. The molecule has 0 atom stereocenters. The van der Waals surface area contributed by atoms with Crippen molar-refractivity contribution < 1.29 is 14.3 Å². The highest BCUT2D eigenvalue weighted by atomic mass is 16.5. The SMILES string of the molecule is COc1ccc(CNCCC(=O)Nc2ccc(N(C)C)cc2)cc1OC. The maximum atomic E-state index is 12.0. The Morgan fingerprint density at radius 2 is 1.69 bits per heavy atom. The van der Waals surface area contributed by atoms with Gasteiger partial charge in [-0.05, 0) is 42.0 Å². The van der Waals surface area contributed by atoms with Gasteiger partial charge in [0.25, 0.3) is 0 Å². The fourth-order valence-electron chi connectivity index (χ4n) is 2.49. The monoisotopic (exact) mass is 357 g/mol. The van der Waals surface area contributed by atoms with Gasteiger partial charge in [-0.2, -0.15) is 0 Å². The van der Waals surface area contributed by atoms with E-state index in [1.165, 1.54) is 0 Å². The first-order chi connectivity index (χ1) is 12.5. The maximum Gasteiger partial charge on any atom is 0.225 e. The summed E-state index contributed by atoms with van der Waals surface area (Å²) in [6.45, 7) is 1.25. The van der Waals surface area contributed by atoms with E-state index in [9.17, 15) is 4.79 Å². The zero-order valence-electron chi connectivity index (χ0n) is 15.8. The number of ether oxygens (including phenoxy) is 2. The molecule has 6 nitrogen and oxygen atoms in total. The number of amides is 1. The van der Waals surface area contributed by atoms with Crippen LogP contribution < -0.4 is 25.0 Å². The van der Waals surface area contributed by atoms with Crippen LogP contribution in [0.1, 0.15) is 12.0 Å². The molecular formula is C20H27N3O3. The minimum Gasteiger partial charge on any atom is -0.493 e. The summed E-state index contributed by atoms with van der Waals surface area (Å²) >= 11 is 0. The molecule has 0 heterocycles. The molecule has 2 aromatic rings. The van der Waals surface area contributed by atoms with Crippen molar-refractivity contribution in [2.75, 3.05) is 45.1 Å². The second-order valence-electron chi connectivity index (χ2n) is 6.11. The zero-order chi connectivity index (χ0) is 18.9. The first kappa shape index (κ1) is 19.6. The number of anilines is 2. The zero-order valence-corrected chi connectivity index (χ0v) is 15.8. The molecule has 26 heavy (non-hydrogen) atoms. The summed E-state index contributed by atoms with van der Waals surface area (Å²) in [7, 11) is 7.20. The third-order valence-corrected chi connectivity index (χ3v) is 3.97. The Hall–Kier alpha value is -2.73. The highest BCUT2D eigenvalue weighted by molar-refractivity contribution is 5.91. The quantitative estimate of drug-likeness (QED) is 0.676. The molecular weight excluding hydrogens is 330 g/mol. The second-order valence-corrected chi connectivity index (χ2v) is 6.11. The molecule has 0 aliphatic carbocycles. The first-order valence-electron chi connectivity index (χ1n) is 8.52. The lowest BCUT2D eigenvalue weighted by atomic mass is 10.2. The number of nitrogens with zero attached hydrogens (tertiary/aromatic N) is 1. The Kier molecular flexibility index (Phi) is 7.29. The lowest BCUT2D eigenvalue weighted by molar-refractivity contribution is -0.116. The Morgan fingerprint density at radius 3 is 2.31 bits per heavy atom. The summed E-state index contributed by atoms with van der Waals surface area (Å²) in [5, 5.41) is 6.17. The Labute approximate surface area is 155 Å². The molecule has 0 saturated carbocycles. The fraction of sp³-hybridized carbons (Fsp3) is 0.350. The van der Waals surface area contributed by atoms with Gasteiger partial charge in [-0.1, -0.05) is 6.07 Å². The number of carbonyl (C=O) groups is 1. The Morgan fingerprint density at radius 1 is 1.00 bits per heavy atom. The van der Waals surface area contributed by atoms with Crippen molar-refractivity contribution in [2.24, 2.45) is 0 Å². The van der Waals surface area contributed by atoms with Crippen LogP contribution >= 0.6 is 0 Å². The standard InChI is InChI=1S/C20H27N3O3/c1-23(2)17-8-6-16(7-9-17)22-20(24)11-12-21-14-15-5-10-18(25-3)19(13-15)26-4/h5-10,13,21H,11-12,14H2,1-4H3,(H,22,24). The van der Waals surface area contributed by atoms with E-state index < -0.39 is 0 Å². The number of hydrogen-bond acceptors (Lipinski definition) is 5. The molecule has 0 aliphatic heterocycles. The largest absolute Gasteiger partial charge is 0.493 e. The van der Waals surface area contributed by atoms with Crippen molar-refractivity contribution in [3.8, 4) is 11.5 Å². The van der Waals surface area contributed by atoms with E-state index in [-0.39, 0.29) is 5.91 Å². The van der Waals surface area contributed by atoms with Crippen LogP contribution in [0.15, 0.2) is 42.5 Å². The van der Waals surface area contributed by atoms with E-state index in [1.54, 1.807) is 14.2 Å². The predicted octanol–water partition coefficient (Wildman–Crippen LogP) is 2.89. The van der Waals surface area contributed by atoms with Gasteiger partial charge in [0.15, 0.2) is 11.5 Å². The predicted molar refractivity (Wildman–Crippen MR) is 105 cm³/mol. The van der Waals surface area contributed by atoms with Crippen LogP contribution in [0.2, 0.25) is 0 Å². The summed E-state index contributed by atoms with van der Waals surface area (Å²) in [6, 6.07) is 13.5. The lowest BCUT2D eigenvalue weighted by Crippen LogP contribution is -2.21. The van der Waals surface area contributed by atoms with E-state index in [1.807, 2.05) is 61.5 Å². The summed E-state index contributed by atoms with van der Waals surface area (Å²) in [4.78, 5) is 14.0. The fourth-order valence-corrected chi connectivity index (χ4v) is 2.49. The molecule has 0 aliphatic rings. The molecule has 0 spiro atoms. The minimum atomic E-state index is -0.0117. The van der Waals surface area contributed by atoms with Gasteiger partial charge in [0.1, 0.15) is 0 Å². The van der Waals surface area contributed by atoms with Crippen molar-refractivity contribution >= 4 is 17.3 Å². The van der Waals surface area contributed by atoms with Crippen molar-refractivity contribution in [1.29, 1.82) is 0 Å². The van der Waals surface area contributed by atoms with Crippen LogP contribution in [0.25, 0.3) is 0 Å². The molecule has 0 aromatic heterocycles. The van der Waals surface area contributed by atoms with Gasteiger partial charge in [-0.25, -0.2) is 0 Å². The third kappa shape index (κ3) is 5.67. The van der Waals surface area contributed by atoms with E-state index in [2.05, 4.69) is 10.6 Å². The van der Waals surface area contributed by atoms with Crippen LogP contribution in [0, 0.1) is 0 Å². The average molecular weight is 357 g/mol. The van der Waals surface area contributed by atoms with Crippen LogP contribution in [0.3, 0.4) is 0 Å². The molecule has 0 unspecified atom stereocenters. The first-order valence-corrected chi connectivity index (χ1v) is 8.52. The number of rotatable bonds is 9. The van der Waals surface area contributed by atoms with Crippen LogP contribution in [-0.4, -0.2) is 40.8 Å². The molecule has 6 heteroatoms. The lowest BCUT2D eigenvalue weighted by Gasteiger charge is -2.13. The van der Waals surface area contributed by atoms with Crippen LogP contribution in [0.5, 0.6) is 11.5 Å². The summed E-state index contributed by atoms with van der Waals surface area (Å²) < 4.78 is 10.5. The molecule has 140 valence electrons. The average Bonchev–Trinajstić information content (AvgIpc) is 2.65. The third-order valence-electron chi connectivity index (χ3n) is 3.97. The summed E-state index contributed by atoms with van der Waals surface area (Å²) in [5.41, 5.74) is 2.97. The highest BCUT2D eigenvalue weighted by Gasteiger charge is 2.06. The number of benzene rings is 2. The van der Waals surface area contributed by atoms with E-state index in [4.69, 9.17) is 9.47 Å². The molecule has 0 saturated heterocycles. The number of carbonyl (C=O) groups excluding carboxylic acids is 1. The smallest absolute Gasteiger partial charge is 0.225 e. The Bertz CT molecular complexity index is 715. The molecule has 2 N–H and O–H groups in total. The normalized spacial score (nSPS) is 10.3. The van der Waals surface area contributed by atoms with Gasteiger partial charge in [0.2, 0.25) is 5.91 Å². The Balaban J connectivity index is 1.74. The molecule has 1 amide bonds. The molecule has 0 bridgehead atoms. The van der Waals surface area contributed by atoms with E-state index in [0.29, 0.717) is 31.0 Å². The van der Waals surface area contributed by atoms with Crippen molar-refractivity contribution in [3.05, 3.63) is 48.0 Å². The molecule has 2 aromatic carbocycles. The topological polar surface area (TPSA) is 62.8 Å². The molecule has 2 rings (SSSR count). The van der Waals surface area contributed by atoms with Gasteiger partial charge >= 0.3 is 0 Å². The maximum absolute atomic E-state index is 12.0. The number of methoxy groups -OCH3 is 2. The van der Waals surface area contributed by atoms with Crippen molar-refractivity contribution in [2.45, 2.75) is 13.0 Å². The molecule has 0 fully saturated rings. The van der Waals surface area contributed by atoms with Gasteiger partial charge < -0.3 is 25.0 Å². The van der Waals surface area contributed by atoms with Gasteiger partial charge in [0.05, 0.1) is 14.2 Å². The number of hydrogen-bond donors (Lipinski definition) is 2. The minimum absolute atomic E-state index is 0.0117. The summed E-state index contributed by atoms with van der Waals surface area (Å²) in [5.74, 6) is 1.39. The van der Waals surface area contributed by atoms with Gasteiger partial charge in [-0.3, -0.25) is 4.79 Å². The van der Waals surface area contributed by atoms with Gasteiger partial charge in [0, 0.05) is 45.0 Å². The highest BCUT2D eigenvalue weighted by Crippen LogP contribution is 2.27. The summed E-state index contributed by atoms with van der Waals surface area (Å²) in [6.07, 6.45) is 0.405. The molecule has 0 radical (unpaired) electrons. The van der Waals surface area contributed by atoms with E-state index in [0.717, 1.165) is 16.9 Å². The van der Waals surface area contributed by atoms with E-state index >= 15 is 0 Å². The van der Waals surface area contributed by atoms with Crippen LogP contribution in [0.4, 0.5) is 11.4 Å².